The third kappa shape index (κ3) is 76.7. The van der Waals surface area contributed by atoms with Crippen molar-refractivity contribution >= 4 is 7.82 Å². The topological polar surface area (TPSA) is 77.8 Å². The van der Waals surface area contributed by atoms with Crippen LogP contribution in [0.15, 0.2) is 0 Å². The van der Waals surface area contributed by atoms with Crippen molar-refractivity contribution in [3.05, 3.63) is 0 Å². The molecule has 0 aromatic heterocycles. The zero-order valence-electron chi connectivity index (χ0n) is 7.05. The van der Waals surface area contributed by atoms with Crippen molar-refractivity contribution in [3.63, 3.8) is 0 Å². The molecule has 9 heteroatoms. The van der Waals surface area contributed by atoms with Crippen LogP contribution in [0.4, 0.5) is 4.70 Å². The van der Waals surface area contributed by atoms with Crippen LogP contribution in [-0.4, -0.2) is 14.7 Å². The molecule has 0 aliphatic rings. The van der Waals surface area contributed by atoms with Crippen molar-refractivity contribution < 1.29 is 148 Å². The first-order chi connectivity index (χ1) is 2.00. The van der Waals surface area contributed by atoms with E-state index in [1.165, 1.54) is 0 Å². The molecule has 49 valence electrons. The molecule has 0 aliphatic heterocycles. The molecule has 0 bridgehead atoms. The van der Waals surface area contributed by atoms with Gasteiger partial charge in [-0.2, -0.15) is 0 Å². The molecule has 0 rings (SSSR count). The number of halogens is 1. The maximum atomic E-state index is 8.88. The van der Waals surface area contributed by atoms with Crippen LogP contribution in [-0.2, 0) is 23.1 Å². The van der Waals surface area contributed by atoms with Gasteiger partial charge in [0.1, 0.15) is 0 Å². The number of rotatable bonds is 0. The summed E-state index contributed by atoms with van der Waals surface area (Å²) in [5.41, 5.74) is 0. The van der Waals surface area contributed by atoms with Gasteiger partial charge in [0.05, 0.1) is 0 Å². The van der Waals surface area contributed by atoms with Crippen LogP contribution >= 0.6 is 7.82 Å². The molecule has 9 heavy (non-hydrogen) atoms. The number of hydrogen-bond acceptors (Lipinski definition) is 1. The summed E-state index contributed by atoms with van der Waals surface area (Å²) in [5.74, 6) is 0. The fourth-order valence-electron chi connectivity index (χ4n) is 0. The Morgan fingerprint density at radius 3 is 1.11 bits per heavy atom. The molecule has 0 saturated heterocycles. The Hall–Kier alpha value is 3.90. The average molecular weight is 249 g/mol. The van der Waals surface area contributed by atoms with Gasteiger partial charge in [0.25, 0.3) is 0 Å². The molecule has 0 unspecified atom stereocenters. The van der Waals surface area contributed by atoms with Crippen molar-refractivity contribution in [2.24, 2.45) is 0 Å². The van der Waals surface area contributed by atoms with Gasteiger partial charge in [-0.25, -0.2) is 4.57 Å². The second kappa shape index (κ2) is 14.4. The van der Waals surface area contributed by atoms with Gasteiger partial charge in [-0.1, -0.05) is 0 Å². The summed E-state index contributed by atoms with van der Waals surface area (Å²) < 4.78 is 8.88. The molecule has 1 radical (unpaired) electrons. The maximum absolute atomic E-state index is 8.88. The predicted molar refractivity (Wildman–Crippen MR) is 19.0 cm³/mol. The van der Waals surface area contributed by atoms with Gasteiger partial charge in [0.2, 0.25) is 0 Å². The molecule has 0 spiro atoms. The summed E-state index contributed by atoms with van der Waals surface area (Å²) >= 11 is 0. The fraction of sp³-hybridized carbons (Fsp3) is 0. The third-order valence-corrected chi connectivity index (χ3v) is 0. The quantitative estimate of drug-likeness (QED) is 0.295. The van der Waals surface area contributed by atoms with E-state index in [-0.39, 0.29) is 129 Å². The van der Waals surface area contributed by atoms with E-state index in [9.17, 15) is 0 Å². The Bertz CT molecular complexity index is 72.2. The first-order valence-electron chi connectivity index (χ1n) is 0.783. The van der Waals surface area contributed by atoms with Crippen molar-refractivity contribution in [1.82, 2.24) is 0 Å². The first kappa shape index (κ1) is 29.3. The Balaban J connectivity index is -0.00000000533. The summed E-state index contributed by atoms with van der Waals surface area (Å²) in [6.45, 7) is 0. The SMILES string of the molecule is F.O=P(O)(O)O.[H-].[H-].[K+].[K+].[V]. The van der Waals surface area contributed by atoms with E-state index >= 15 is 0 Å². The minimum Gasteiger partial charge on any atom is -1.00 e. The molecule has 3 N–H and O–H groups in total. The van der Waals surface area contributed by atoms with Crippen molar-refractivity contribution in [1.29, 1.82) is 0 Å². The summed E-state index contributed by atoms with van der Waals surface area (Å²) in [7, 11) is -4.64. The van der Waals surface area contributed by atoms with E-state index in [0.29, 0.717) is 0 Å². The molecule has 0 atom stereocenters. The van der Waals surface area contributed by atoms with Gasteiger partial charge >= 0.3 is 111 Å². The molecule has 4 nitrogen and oxygen atoms in total. The summed E-state index contributed by atoms with van der Waals surface area (Å²) in [4.78, 5) is 21.6. The van der Waals surface area contributed by atoms with E-state index in [4.69, 9.17) is 19.2 Å². The van der Waals surface area contributed by atoms with Crippen LogP contribution in [0.5, 0.6) is 0 Å². The van der Waals surface area contributed by atoms with Crippen LogP contribution in [0, 0.1) is 0 Å². The molecule has 0 aliphatic carbocycles. The number of phosphoric acid groups is 1. The smallest absolute Gasteiger partial charge is 1.00 e. The van der Waals surface area contributed by atoms with Gasteiger partial charge in [-0.05, 0) is 0 Å². The normalized spacial score (nSPS) is 6.56. The van der Waals surface area contributed by atoms with Crippen molar-refractivity contribution in [2.75, 3.05) is 0 Å². The summed E-state index contributed by atoms with van der Waals surface area (Å²) in [6, 6.07) is 0. The first-order valence-corrected chi connectivity index (χ1v) is 2.35. The van der Waals surface area contributed by atoms with E-state index < -0.39 is 7.82 Å². The monoisotopic (exact) mass is 249 g/mol. The zero-order valence-corrected chi connectivity index (χ0v) is 13.6. The van der Waals surface area contributed by atoms with Crippen LogP contribution in [0.2, 0.25) is 0 Å². The average Bonchev–Trinajstić information content (AvgIpc) is 0.722. The van der Waals surface area contributed by atoms with Gasteiger partial charge in [0, 0.05) is 18.6 Å². The van der Waals surface area contributed by atoms with Gasteiger partial charge in [-0.15, -0.1) is 0 Å². The van der Waals surface area contributed by atoms with Crippen molar-refractivity contribution in [3.8, 4) is 0 Å². The zero-order chi connectivity index (χ0) is 4.50. The molecular formula is H6FK2O4PV. The molecule has 0 heterocycles. The second-order valence-electron chi connectivity index (χ2n) is 0.513. The van der Waals surface area contributed by atoms with E-state index in [1.807, 2.05) is 0 Å². The Kier molecular flexibility index (Phi) is 46.9. The fourth-order valence-corrected chi connectivity index (χ4v) is 0. The van der Waals surface area contributed by atoms with Crippen LogP contribution in [0.25, 0.3) is 0 Å². The standard InChI is InChI=1S/FH.2K.H3O4P.V.2H/c;;;1-5(2,3)4;;;/h1H;;;(H3,1,2,3,4);;;/q;2*+1;;;2*-1. The van der Waals surface area contributed by atoms with Gasteiger partial charge < -0.3 is 17.5 Å². The maximum Gasteiger partial charge on any atom is 1.00 e. The van der Waals surface area contributed by atoms with E-state index in [0.717, 1.165) is 0 Å². The van der Waals surface area contributed by atoms with Crippen LogP contribution < -0.4 is 103 Å². The summed E-state index contributed by atoms with van der Waals surface area (Å²) in [5, 5.41) is 0. The minimum atomic E-state index is -4.64. The third-order valence-electron chi connectivity index (χ3n) is 0. The molecule has 0 fully saturated rings. The van der Waals surface area contributed by atoms with Gasteiger partial charge in [0.15, 0.2) is 0 Å². The second-order valence-corrected chi connectivity index (χ2v) is 1.54. The Labute approximate surface area is 152 Å². The van der Waals surface area contributed by atoms with Crippen molar-refractivity contribution in [2.45, 2.75) is 0 Å². The molecule has 0 saturated carbocycles. The van der Waals surface area contributed by atoms with Gasteiger partial charge in [-0.3, -0.25) is 4.70 Å². The number of hydrogen-bond donors (Lipinski definition) is 3. The minimum absolute atomic E-state index is 0. The summed E-state index contributed by atoms with van der Waals surface area (Å²) in [6.07, 6.45) is 0. The largest absolute Gasteiger partial charge is 1.00 e. The van der Waals surface area contributed by atoms with Crippen LogP contribution in [0.1, 0.15) is 2.85 Å². The van der Waals surface area contributed by atoms with Crippen LogP contribution in [0.3, 0.4) is 0 Å². The predicted octanol–water partition coefficient (Wildman–Crippen LogP) is -6.55. The molecule has 0 aromatic carbocycles. The Morgan fingerprint density at radius 2 is 1.11 bits per heavy atom. The Morgan fingerprint density at radius 1 is 1.11 bits per heavy atom. The molecule has 0 amide bonds. The molecular weight excluding hydrogens is 243 g/mol. The van der Waals surface area contributed by atoms with E-state index in [2.05, 4.69) is 0 Å². The molecule has 0 aromatic rings. The van der Waals surface area contributed by atoms with E-state index in [1.54, 1.807) is 0 Å².